The van der Waals surface area contributed by atoms with Gasteiger partial charge in [-0.25, -0.2) is 0 Å². The van der Waals surface area contributed by atoms with Crippen molar-refractivity contribution in [2.24, 2.45) is 0 Å². The maximum atomic E-state index is 12.3. The molecule has 98 valence electrons. The molecule has 0 heterocycles. The van der Waals surface area contributed by atoms with Crippen molar-refractivity contribution >= 4 is 53.6 Å². The molecule has 0 N–H and O–H groups in total. The van der Waals surface area contributed by atoms with Crippen LogP contribution in [0.5, 0.6) is 0 Å². The van der Waals surface area contributed by atoms with E-state index in [0.717, 1.165) is 10.0 Å². The molecule has 1 nitrogen and oxygen atoms in total. The minimum atomic E-state index is -0.295. The van der Waals surface area contributed by atoms with Crippen molar-refractivity contribution in [1.29, 1.82) is 0 Å². The monoisotopic (exact) mass is 444 g/mol. The largest absolute Gasteiger partial charge is 0.293 e. The summed E-state index contributed by atoms with van der Waals surface area (Å²) < 4.78 is 1.02. The van der Waals surface area contributed by atoms with Gasteiger partial charge in [0, 0.05) is 10.0 Å². The first-order valence-electron chi connectivity index (χ1n) is 5.72. The molecule has 0 fully saturated rings. The standard InChI is InChI=1S/C15H11Br3O/c16-12-8-6-10(7-9-12)13(17)14(18)15(19)11-4-2-1-3-5-11/h1-9,13-14H/t13-,14+/m0/s1. The lowest BCUT2D eigenvalue weighted by molar-refractivity contribution is 0.0991. The van der Waals surface area contributed by atoms with E-state index in [1.807, 2.05) is 54.6 Å². The minimum absolute atomic E-state index is 0.0618. The van der Waals surface area contributed by atoms with Gasteiger partial charge >= 0.3 is 0 Å². The molecule has 0 saturated heterocycles. The molecule has 0 radical (unpaired) electrons. The first kappa shape index (κ1) is 14.9. The Balaban J connectivity index is 2.17. The highest BCUT2D eigenvalue weighted by atomic mass is 79.9. The van der Waals surface area contributed by atoms with Gasteiger partial charge in [0.2, 0.25) is 0 Å². The zero-order valence-corrected chi connectivity index (χ0v) is 14.7. The molecule has 0 aliphatic rings. The van der Waals surface area contributed by atoms with E-state index < -0.39 is 0 Å². The van der Waals surface area contributed by atoms with E-state index in [9.17, 15) is 4.79 Å². The topological polar surface area (TPSA) is 17.1 Å². The van der Waals surface area contributed by atoms with Crippen molar-refractivity contribution < 1.29 is 4.79 Å². The predicted molar refractivity (Wildman–Crippen MR) is 89.3 cm³/mol. The molecule has 0 aliphatic heterocycles. The fraction of sp³-hybridized carbons (Fsp3) is 0.133. The van der Waals surface area contributed by atoms with Gasteiger partial charge in [0.1, 0.15) is 0 Å². The van der Waals surface area contributed by atoms with E-state index in [1.54, 1.807) is 0 Å². The molecular formula is C15H11Br3O. The number of alkyl halides is 2. The molecule has 2 atom stereocenters. The number of carbonyl (C=O) groups is 1. The van der Waals surface area contributed by atoms with E-state index in [2.05, 4.69) is 47.8 Å². The van der Waals surface area contributed by atoms with Crippen LogP contribution in [0.3, 0.4) is 0 Å². The zero-order chi connectivity index (χ0) is 13.8. The number of benzene rings is 2. The summed E-state index contributed by atoms with van der Waals surface area (Å²) in [5.74, 6) is 0.0744. The molecule has 0 unspecified atom stereocenters. The van der Waals surface area contributed by atoms with Gasteiger partial charge in [-0.1, -0.05) is 90.3 Å². The second-order valence-electron chi connectivity index (χ2n) is 4.09. The Morgan fingerprint density at radius 1 is 0.895 bits per heavy atom. The van der Waals surface area contributed by atoms with Crippen LogP contribution in [0.1, 0.15) is 20.7 Å². The highest BCUT2D eigenvalue weighted by molar-refractivity contribution is 9.12. The molecule has 0 spiro atoms. The second-order valence-corrected chi connectivity index (χ2v) is 6.97. The third-order valence-corrected chi connectivity index (χ3v) is 5.99. The van der Waals surface area contributed by atoms with Crippen molar-refractivity contribution in [3.8, 4) is 0 Å². The predicted octanol–water partition coefficient (Wildman–Crippen LogP) is 5.53. The van der Waals surface area contributed by atoms with Gasteiger partial charge in [0.25, 0.3) is 0 Å². The van der Waals surface area contributed by atoms with Crippen molar-refractivity contribution in [1.82, 2.24) is 0 Å². The average molecular weight is 447 g/mol. The summed E-state index contributed by atoms with van der Waals surface area (Å²) >= 11 is 10.5. The summed E-state index contributed by atoms with van der Waals surface area (Å²) in [5, 5.41) is 0. The van der Waals surface area contributed by atoms with Crippen LogP contribution < -0.4 is 0 Å². The summed E-state index contributed by atoms with van der Waals surface area (Å²) in [6.45, 7) is 0. The van der Waals surface area contributed by atoms with Crippen LogP contribution in [-0.2, 0) is 0 Å². The van der Waals surface area contributed by atoms with Gasteiger partial charge in [-0.15, -0.1) is 0 Å². The van der Waals surface area contributed by atoms with E-state index in [4.69, 9.17) is 0 Å². The molecule has 0 amide bonds. The lowest BCUT2D eigenvalue weighted by Crippen LogP contribution is -2.19. The molecule has 19 heavy (non-hydrogen) atoms. The van der Waals surface area contributed by atoms with Crippen LogP contribution in [0.2, 0.25) is 0 Å². The third-order valence-electron chi connectivity index (χ3n) is 2.75. The highest BCUT2D eigenvalue weighted by Crippen LogP contribution is 2.33. The van der Waals surface area contributed by atoms with E-state index in [0.29, 0.717) is 5.56 Å². The first-order valence-corrected chi connectivity index (χ1v) is 8.35. The summed E-state index contributed by atoms with van der Waals surface area (Å²) in [6.07, 6.45) is 0. The Kier molecular flexibility index (Phi) is 5.37. The smallest absolute Gasteiger partial charge is 0.177 e. The minimum Gasteiger partial charge on any atom is -0.293 e. The van der Waals surface area contributed by atoms with Crippen molar-refractivity contribution in [3.63, 3.8) is 0 Å². The summed E-state index contributed by atoms with van der Waals surface area (Å²) in [5.41, 5.74) is 1.78. The number of carbonyl (C=O) groups excluding carboxylic acids is 1. The Bertz CT molecular complexity index is 551. The molecule has 2 rings (SSSR count). The molecule has 2 aromatic rings. The molecule has 2 aromatic carbocycles. The number of rotatable bonds is 4. The molecular weight excluding hydrogens is 436 g/mol. The van der Waals surface area contributed by atoms with Crippen molar-refractivity contribution in [3.05, 3.63) is 70.2 Å². The Hall–Kier alpha value is -0.450. The van der Waals surface area contributed by atoms with Crippen LogP contribution >= 0.6 is 47.8 Å². The average Bonchev–Trinajstić information content (AvgIpc) is 2.46. The Morgan fingerprint density at radius 2 is 1.47 bits per heavy atom. The lowest BCUT2D eigenvalue weighted by Gasteiger charge is -2.16. The Morgan fingerprint density at radius 3 is 2.05 bits per heavy atom. The number of halogens is 3. The number of Topliss-reactive ketones (excluding diaryl/α,β-unsaturated/α-hetero) is 1. The maximum Gasteiger partial charge on any atom is 0.177 e. The molecule has 0 aliphatic carbocycles. The van der Waals surface area contributed by atoms with E-state index in [1.165, 1.54) is 0 Å². The fourth-order valence-corrected chi connectivity index (χ4v) is 3.09. The number of hydrogen-bond acceptors (Lipinski definition) is 1. The Labute approximate surface area is 137 Å². The first-order chi connectivity index (χ1) is 9.09. The zero-order valence-electron chi connectivity index (χ0n) is 9.89. The SMILES string of the molecule is O=C(c1ccccc1)[C@H](Br)[C@@H](Br)c1ccc(Br)cc1. The van der Waals surface area contributed by atoms with Crippen molar-refractivity contribution in [2.75, 3.05) is 0 Å². The van der Waals surface area contributed by atoms with Crippen LogP contribution in [0.4, 0.5) is 0 Å². The summed E-state index contributed by atoms with van der Waals surface area (Å²) in [4.78, 5) is 12.0. The second kappa shape index (κ2) is 6.82. The van der Waals surface area contributed by atoms with Gasteiger partial charge in [-0.05, 0) is 17.7 Å². The molecule has 0 saturated carbocycles. The van der Waals surface area contributed by atoms with Crippen LogP contribution in [0, 0.1) is 0 Å². The number of ketones is 1. The lowest BCUT2D eigenvalue weighted by atomic mass is 10.0. The van der Waals surface area contributed by atoms with Gasteiger partial charge in [0.15, 0.2) is 5.78 Å². The van der Waals surface area contributed by atoms with Gasteiger partial charge < -0.3 is 0 Å². The van der Waals surface area contributed by atoms with Gasteiger partial charge in [-0.2, -0.15) is 0 Å². The highest BCUT2D eigenvalue weighted by Gasteiger charge is 2.25. The molecule has 4 heteroatoms. The molecule has 0 aromatic heterocycles. The van der Waals surface area contributed by atoms with Gasteiger partial charge in [0.05, 0.1) is 9.65 Å². The summed E-state index contributed by atoms with van der Waals surface area (Å²) in [6, 6.07) is 17.2. The summed E-state index contributed by atoms with van der Waals surface area (Å²) in [7, 11) is 0. The third kappa shape index (κ3) is 3.77. The van der Waals surface area contributed by atoms with Crippen LogP contribution in [0.15, 0.2) is 59.1 Å². The normalized spacial score (nSPS) is 13.8. The van der Waals surface area contributed by atoms with Crippen LogP contribution in [-0.4, -0.2) is 10.6 Å². The van der Waals surface area contributed by atoms with Crippen molar-refractivity contribution in [2.45, 2.75) is 9.65 Å². The molecule has 0 bridgehead atoms. The quantitative estimate of drug-likeness (QED) is 0.445. The van der Waals surface area contributed by atoms with E-state index in [-0.39, 0.29) is 15.4 Å². The number of hydrogen-bond donors (Lipinski definition) is 0. The van der Waals surface area contributed by atoms with E-state index >= 15 is 0 Å². The maximum absolute atomic E-state index is 12.3. The van der Waals surface area contributed by atoms with Crippen LogP contribution in [0.25, 0.3) is 0 Å². The fourth-order valence-electron chi connectivity index (χ4n) is 1.71. The van der Waals surface area contributed by atoms with Gasteiger partial charge in [-0.3, -0.25) is 4.79 Å².